The number of carbonyl (C=O) groups is 2. The Bertz CT molecular complexity index is 1550. The highest BCUT2D eigenvalue weighted by molar-refractivity contribution is 6.22. The SMILES string of the molecule is C=C1/C=C\C=C/CC(=O)c2c(c(O)c3ncn(Cc4cnc5ccccc5n4)c3c2O)C1=O. The predicted octanol–water partition coefficient (Wildman–Crippen LogP) is 3.88. The lowest BCUT2D eigenvalue weighted by Crippen LogP contribution is -2.12. The molecule has 0 bridgehead atoms. The molecule has 0 spiro atoms. The number of nitrogens with zero attached hydrogens (tertiary/aromatic N) is 4. The van der Waals surface area contributed by atoms with Gasteiger partial charge in [0.1, 0.15) is 11.0 Å². The van der Waals surface area contributed by atoms with E-state index in [0.717, 1.165) is 5.52 Å². The molecule has 33 heavy (non-hydrogen) atoms. The molecule has 5 rings (SSSR count). The molecule has 0 atom stereocenters. The van der Waals surface area contributed by atoms with E-state index in [2.05, 4.69) is 21.5 Å². The van der Waals surface area contributed by atoms with Crippen LogP contribution in [0.2, 0.25) is 0 Å². The summed E-state index contributed by atoms with van der Waals surface area (Å²) in [6.07, 6.45) is 9.27. The first-order valence-corrected chi connectivity index (χ1v) is 10.2. The van der Waals surface area contributed by atoms with Gasteiger partial charge < -0.3 is 14.8 Å². The van der Waals surface area contributed by atoms with Crippen molar-refractivity contribution in [3.8, 4) is 11.5 Å². The Morgan fingerprint density at radius 2 is 1.79 bits per heavy atom. The fraction of sp³-hybridized carbons (Fsp3) is 0.0800. The number of allylic oxidation sites excluding steroid dienone is 5. The highest BCUT2D eigenvalue weighted by atomic mass is 16.3. The second-order valence-electron chi connectivity index (χ2n) is 7.64. The van der Waals surface area contributed by atoms with Crippen LogP contribution in [0.15, 0.2) is 73.2 Å². The van der Waals surface area contributed by atoms with Gasteiger partial charge in [-0.15, -0.1) is 0 Å². The first-order chi connectivity index (χ1) is 16.0. The molecule has 2 aromatic carbocycles. The summed E-state index contributed by atoms with van der Waals surface area (Å²) >= 11 is 0. The van der Waals surface area contributed by atoms with Gasteiger partial charge in [0.15, 0.2) is 23.1 Å². The van der Waals surface area contributed by atoms with Gasteiger partial charge in [0.2, 0.25) is 0 Å². The van der Waals surface area contributed by atoms with Crippen LogP contribution in [0.25, 0.3) is 22.1 Å². The lowest BCUT2D eigenvalue weighted by atomic mass is 9.91. The Morgan fingerprint density at radius 1 is 1.00 bits per heavy atom. The molecule has 0 radical (unpaired) electrons. The van der Waals surface area contributed by atoms with Crippen LogP contribution >= 0.6 is 0 Å². The first kappa shape index (κ1) is 20.3. The molecule has 1 aliphatic carbocycles. The second kappa shape index (κ2) is 7.83. The standard InChI is InChI=1S/C25H18N4O4/c1-14-7-3-2-4-10-18(30)19-20(23(14)31)24(32)21-22(25(19)33)29(13-27-21)12-15-11-26-16-8-5-6-9-17(16)28-15/h2-9,11,13,32-33H,1,10,12H2/b4-2-,7-3-. The molecule has 0 unspecified atom stereocenters. The van der Waals surface area contributed by atoms with E-state index in [1.54, 1.807) is 29.0 Å². The van der Waals surface area contributed by atoms with Gasteiger partial charge in [0, 0.05) is 12.0 Å². The van der Waals surface area contributed by atoms with Gasteiger partial charge in [0.25, 0.3) is 0 Å². The maximum Gasteiger partial charge on any atom is 0.197 e. The largest absolute Gasteiger partial charge is 0.505 e. The summed E-state index contributed by atoms with van der Waals surface area (Å²) in [6.45, 7) is 3.89. The Kier molecular flexibility index (Phi) is 4.82. The molecule has 2 heterocycles. The summed E-state index contributed by atoms with van der Waals surface area (Å²) in [5.74, 6) is -2.06. The van der Waals surface area contributed by atoms with Crippen molar-refractivity contribution in [3.63, 3.8) is 0 Å². The smallest absolute Gasteiger partial charge is 0.197 e. The third kappa shape index (κ3) is 3.38. The molecule has 0 saturated carbocycles. The first-order valence-electron chi connectivity index (χ1n) is 10.2. The number of benzene rings is 2. The van der Waals surface area contributed by atoms with E-state index in [9.17, 15) is 19.8 Å². The minimum Gasteiger partial charge on any atom is -0.505 e. The van der Waals surface area contributed by atoms with Gasteiger partial charge in [-0.25, -0.2) is 9.97 Å². The van der Waals surface area contributed by atoms with Crippen molar-refractivity contribution in [2.24, 2.45) is 0 Å². The molecule has 1 aliphatic rings. The van der Waals surface area contributed by atoms with E-state index in [0.29, 0.717) is 11.2 Å². The number of rotatable bonds is 2. The lowest BCUT2D eigenvalue weighted by Gasteiger charge is -2.15. The van der Waals surface area contributed by atoms with Crippen LogP contribution in [0.5, 0.6) is 11.5 Å². The van der Waals surface area contributed by atoms with Gasteiger partial charge >= 0.3 is 0 Å². The number of fused-ring (bicyclic) bond motifs is 3. The highest BCUT2D eigenvalue weighted by Gasteiger charge is 2.30. The van der Waals surface area contributed by atoms with E-state index in [4.69, 9.17) is 0 Å². The molecule has 0 amide bonds. The Hall–Kier alpha value is -4.59. The lowest BCUT2D eigenvalue weighted by molar-refractivity contribution is 0.0973. The third-order valence-corrected chi connectivity index (χ3v) is 5.49. The zero-order valence-corrected chi connectivity index (χ0v) is 17.4. The van der Waals surface area contributed by atoms with Crippen molar-refractivity contribution in [2.45, 2.75) is 13.0 Å². The quantitative estimate of drug-likeness (QED) is 0.360. The van der Waals surface area contributed by atoms with Crippen LogP contribution < -0.4 is 0 Å². The molecule has 162 valence electrons. The number of para-hydroxylation sites is 2. The molecule has 8 nitrogen and oxygen atoms in total. The second-order valence-corrected chi connectivity index (χ2v) is 7.64. The normalized spacial score (nSPS) is 16.2. The van der Waals surface area contributed by atoms with Crippen molar-refractivity contribution < 1.29 is 19.8 Å². The van der Waals surface area contributed by atoms with E-state index < -0.39 is 23.1 Å². The molecule has 0 saturated heterocycles. The zero-order valence-electron chi connectivity index (χ0n) is 17.4. The zero-order chi connectivity index (χ0) is 23.1. The predicted molar refractivity (Wildman–Crippen MR) is 122 cm³/mol. The minimum atomic E-state index is -0.658. The summed E-state index contributed by atoms with van der Waals surface area (Å²) in [6, 6.07) is 7.43. The number of Topliss-reactive ketones (excluding diaryl/α,β-unsaturated/α-hetero) is 2. The number of ketones is 2. The number of hydrogen-bond acceptors (Lipinski definition) is 7. The average molecular weight is 438 g/mol. The number of aromatic nitrogens is 4. The highest BCUT2D eigenvalue weighted by Crippen LogP contribution is 2.41. The fourth-order valence-electron chi connectivity index (χ4n) is 3.90. The maximum atomic E-state index is 13.0. The minimum absolute atomic E-state index is 0.00512. The Labute approximate surface area is 187 Å². The number of imidazole rings is 1. The average Bonchev–Trinajstić information content (AvgIpc) is 3.24. The van der Waals surface area contributed by atoms with Crippen LogP contribution in [-0.2, 0) is 6.54 Å². The van der Waals surface area contributed by atoms with Gasteiger partial charge in [-0.05, 0) is 12.1 Å². The number of carbonyl (C=O) groups excluding carboxylic acids is 2. The van der Waals surface area contributed by atoms with E-state index in [1.165, 1.54) is 12.4 Å². The van der Waals surface area contributed by atoms with Gasteiger partial charge in [-0.2, -0.15) is 0 Å². The van der Waals surface area contributed by atoms with E-state index in [-0.39, 0.29) is 40.7 Å². The van der Waals surface area contributed by atoms with E-state index >= 15 is 0 Å². The summed E-state index contributed by atoms with van der Waals surface area (Å²) in [5.41, 5.74) is 1.70. The van der Waals surface area contributed by atoms with Crippen molar-refractivity contribution in [3.05, 3.63) is 90.1 Å². The Balaban J connectivity index is 1.70. The Morgan fingerprint density at radius 3 is 2.61 bits per heavy atom. The monoisotopic (exact) mass is 438 g/mol. The summed E-state index contributed by atoms with van der Waals surface area (Å²) in [4.78, 5) is 39.1. The molecule has 2 N–H and O–H groups in total. The number of aromatic hydroxyl groups is 2. The van der Waals surface area contributed by atoms with Gasteiger partial charge in [-0.3, -0.25) is 14.6 Å². The van der Waals surface area contributed by atoms with Crippen molar-refractivity contribution >= 4 is 33.6 Å². The number of phenolic OH excluding ortho intramolecular Hbond substituents is 2. The summed E-state index contributed by atoms with van der Waals surface area (Å²) in [5, 5.41) is 22.1. The topological polar surface area (TPSA) is 118 Å². The molecule has 0 aliphatic heterocycles. The van der Waals surface area contributed by atoms with Crippen molar-refractivity contribution in [1.82, 2.24) is 19.5 Å². The molecule has 2 aromatic heterocycles. The maximum absolute atomic E-state index is 13.0. The number of hydrogen-bond donors (Lipinski definition) is 2. The molecule has 0 fully saturated rings. The van der Waals surface area contributed by atoms with Crippen LogP contribution in [0.1, 0.15) is 32.8 Å². The molecular weight excluding hydrogens is 420 g/mol. The third-order valence-electron chi connectivity index (χ3n) is 5.49. The summed E-state index contributed by atoms with van der Waals surface area (Å²) in [7, 11) is 0. The van der Waals surface area contributed by atoms with Gasteiger partial charge in [-0.1, -0.05) is 43.0 Å². The van der Waals surface area contributed by atoms with Crippen LogP contribution in [-0.4, -0.2) is 41.3 Å². The molecular formula is C25H18N4O4. The summed E-state index contributed by atoms with van der Waals surface area (Å²) < 4.78 is 1.56. The van der Waals surface area contributed by atoms with Crippen molar-refractivity contribution in [1.29, 1.82) is 0 Å². The number of phenols is 2. The van der Waals surface area contributed by atoms with Crippen molar-refractivity contribution in [2.75, 3.05) is 0 Å². The van der Waals surface area contributed by atoms with Gasteiger partial charge in [0.05, 0.1) is 46.9 Å². The molecule has 8 heteroatoms. The fourth-order valence-corrected chi connectivity index (χ4v) is 3.90. The van der Waals surface area contributed by atoms with E-state index in [1.807, 2.05) is 24.3 Å². The van der Waals surface area contributed by atoms with Crippen LogP contribution in [0.4, 0.5) is 0 Å². The van der Waals surface area contributed by atoms with Crippen LogP contribution in [0.3, 0.4) is 0 Å². The molecule has 4 aromatic rings. The van der Waals surface area contributed by atoms with Crippen LogP contribution in [0, 0.1) is 0 Å².